The molecule has 1 fully saturated rings. The fourth-order valence-electron chi connectivity index (χ4n) is 3.03. The van der Waals surface area contributed by atoms with Crippen LogP contribution in [0.4, 0.5) is 0 Å². The summed E-state index contributed by atoms with van der Waals surface area (Å²) in [7, 11) is 0. The van der Waals surface area contributed by atoms with E-state index in [0.29, 0.717) is 19.4 Å². The maximum Gasteiger partial charge on any atom is 0.246 e. The number of thioether (sulfide) groups is 2. The van der Waals surface area contributed by atoms with Gasteiger partial charge >= 0.3 is 0 Å². The Hall–Kier alpha value is -1.26. The van der Waals surface area contributed by atoms with Crippen LogP contribution in [0.15, 0.2) is 30.3 Å². The summed E-state index contributed by atoms with van der Waals surface area (Å²) in [5.74, 6) is 0.919. The number of rotatable bonds is 12. The Morgan fingerprint density at radius 2 is 1.93 bits per heavy atom. The maximum atomic E-state index is 12.7. The fraction of sp³-hybridized carbons (Fsp3) is 0.600. The number of amides is 2. The third-order valence-corrected chi connectivity index (χ3v) is 7.35. The molecular weight excluding hydrogens is 412 g/mol. The number of hydrogen-bond donors (Lipinski definition) is 3. The van der Waals surface area contributed by atoms with Crippen LogP contribution in [0.2, 0.25) is 0 Å². The lowest BCUT2D eigenvalue weighted by molar-refractivity contribution is -0.134. The van der Waals surface area contributed by atoms with Crippen molar-refractivity contribution >= 4 is 35.3 Å². The van der Waals surface area contributed by atoms with Gasteiger partial charge in [-0.15, -0.1) is 23.5 Å². The average Bonchev–Trinajstić information content (AvgIpc) is 2.76. The second-order valence-corrected chi connectivity index (χ2v) is 9.44. The van der Waals surface area contributed by atoms with Crippen LogP contribution >= 0.6 is 23.5 Å². The maximum absolute atomic E-state index is 12.7. The number of nitrogens with one attached hydrogen (secondary N) is 2. The fourth-order valence-corrected chi connectivity index (χ4v) is 5.66. The molecule has 0 radical (unpaired) electrons. The number of carbonyl (C=O) groups excluding carboxylic acids is 2. The summed E-state index contributed by atoms with van der Waals surface area (Å²) in [6.45, 7) is 2.78. The molecule has 29 heavy (non-hydrogen) atoms. The molecule has 1 aromatic rings. The lowest BCUT2D eigenvalue weighted by Gasteiger charge is -2.26. The zero-order valence-electron chi connectivity index (χ0n) is 16.7. The highest BCUT2D eigenvalue weighted by molar-refractivity contribution is 8.18. The molecular formula is C20H30N2O5S2. The molecule has 9 heteroatoms. The largest absolute Gasteiger partial charge is 0.356 e. The summed E-state index contributed by atoms with van der Waals surface area (Å²) in [5, 5.41) is 12.2. The van der Waals surface area contributed by atoms with Gasteiger partial charge in [-0.05, 0) is 43.3 Å². The third-order valence-electron chi connectivity index (χ3n) is 4.45. The van der Waals surface area contributed by atoms with E-state index in [9.17, 15) is 14.8 Å². The molecule has 7 nitrogen and oxygen atoms in total. The number of carbonyl (C=O) groups is 2. The van der Waals surface area contributed by atoms with Gasteiger partial charge in [0.25, 0.3) is 0 Å². The molecule has 2 atom stereocenters. The topological polar surface area (TPSA) is 96.9 Å². The van der Waals surface area contributed by atoms with E-state index in [0.717, 1.165) is 23.5 Å². The highest BCUT2D eigenvalue weighted by Gasteiger charge is 2.28. The molecule has 0 bridgehead atoms. The molecule has 1 aliphatic rings. The summed E-state index contributed by atoms with van der Waals surface area (Å²) >= 11 is 3.29. The van der Waals surface area contributed by atoms with Gasteiger partial charge in [-0.2, -0.15) is 0 Å². The van der Waals surface area contributed by atoms with Gasteiger partial charge < -0.3 is 14.8 Å². The van der Waals surface area contributed by atoms with Crippen molar-refractivity contribution in [3.8, 4) is 0 Å². The first-order valence-corrected chi connectivity index (χ1v) is 11.9. The first kappa shape index (κ1) is 24.0. The van der Waals surface area contributed by atoms with Crippen LogP contribution in [0.3, 0.4) is 0 Å². The number of ether oxygens (including phenoxy) is 2. The Labute approximate surface area is 180 Å². The van der Waals surface area contributed by atoms with E-state index >= 15 is 0 Å². The monoisotopic (exact) mass is 442 g/mol. The molecule has 3 N–H and O–H groups in total. The Morgan fingerprint density at radius 3 is 2.59 bits per heavy atom. The quantitative estimate of drug-likeness (QED) is 0.198. The lowest BCUT2D eigenvalue weighted by atomic mass is 9.92. The van der Waals surface area contributed by atoms with Gasteiger partial charge in [-0.1, -0.05) is 30.3 Å². The van der Waals surface area contributed by atoms with Gasteiger partial charge in [0.15, 0.2) is 0 Å². The van der Waals surface area contributed by atoms with Crippen molar-refractivity contribution in [2.45, 2.75) is 36.8 Å². The van der Waals surface area contributed by atoms with Gasteiger partial charge in [0, 0.05) is 12.5 Å². The minimum absolute atomic E-state index is 0.0485. The van der Waals surface area contributed by atoms with Gasteiger partial charge in [0.1, 0.15) is 11.4 Å². The van der Waals surface area contributed by atoms with E-state index in [1.165, 1.54) is 0 Å². The number of hydrogen-bond acceptors (Lipinski definition) is 7. The van der Waals surface area contributed by atoms with Gasteiger partial charge in [-0.25, -0.2) is 5.48 Å². The molecule has 2 rings (SSSR count). The SMILES string of the molecule is CCOCOC[C@H](C[C@H](Cc1ccccc1)C(=O)NO)NC(=O)C1SCCCS1. The first-order valence-electron chi connectivity index (χ1n) is 9.81. The minimum Gasteiger partial charge on any atom is -0.356 e. The van der Waals surface area contributed by atoms with Gasteiger partial charge in [-0.3, -0.25) is 14.8 Å². The Bertz CT molecular complexity index is 614. The summed E-state index contributed by atoms with van der Waals surface area (Å²) in [4.78, 5) is 25.0. The van der Waals surface area contributed by atoms with Crippen molar-refractivity contribution in [3.05, 3.63) is 35.9 Å². The predicted molar refractivity (Wildman–Crippen MR) is 116 cm³/mol. The van der Waals surface area contributed by atoms with Crippen LogP contribution in [0.25, 0.3) is 0 Å². The summed E-state index contributed by atoms with van der Waals surface area (Å²) < 4.78 is 10.6. The van der Waals surface area contributed by atoms with E-state index in [1.807, 2.05) is 37.3 Å². The average molecular weight is 443 g/mol. The molecule has 0 saturated carbocycles. The van der Waals surface area contributed by atoms with E-state index in [1.54, 1.807) is 29.0 Å². The van der Waals surface area contributed by atoms with E-state index in [-0.39, 0.29) is 29.9 Å². The molecule has 1 aromatic carbocycles. The van der Waals surface area contributed by atoms with Gasteiger partial charge in [0.2, 0.25) is 11.8 Å². The Morgan fingerprint density at radius 1 is 1.21 bits per heavy atom. The van der Waals surface area contributed by atoms with E-state index in [2.05, 4.69) is 5.32 Å². The molecule has 162 valence electrons. The van der Waals surface area contributed by atoms with Crippen LogP contribution < -0.4 is 10.8 Å². The normalized spacial score (nSPS) is 16.8. The van der Waals surface area contributed by atoms with Crippen molar-refractivity contribution in [1.29, 1.82) is 0 Å². The highest BCUT2D eigenvalue weighted by Crippen LogP contribution is 2.30. The van der Waals surface area contributed by atoms with E-state index < -0.39 is 11.8 Å². The third kappa shape index (κ3) is 8.96. The zero-order chi connectivity index (χ0) is 20.9. The molecule has 0 spiro atoms. The molecule has 0 unspecified atom stereocenters. The van der Waals surface area contributed by atoms with Crippen molar-refractivity contribution in [2.24, 2.45) is 5.92 Å². The predicted octanol–water partition coefficient (Wildman–Crippen LogP) is 2.43. The number of hydroxylamine groups is 1. The van der Waals surface area contributed by atoms with Crippen molar-refractivity contribution in [3.63, 3.8) is 0 Å². The molecule has 2 amide bonds. The second kappa shape index (κ2) is 13.9. The van der Waals surface area contributed by atoms with Crippen molar-refractivity contribution < 1.29 is 24.3 Å². The van der Waals surface area contributed by atoms with Gasteiger partial charge in [0.05, 0.1) is 12.6 Å². The van der Waals surface area contributed by atoms with Crippen molar-refractivity contribution in [1.82, 2.24) is 10.8 Å². The van der Waals surface area contributed by atoms with Crippen LogP contribution in [0.5, 0.6) is 0 Å². The standard InChI is InChI=1S/C20H30N2O5S2/c1-2-26-14-27-13-17(21-19(24)20-28-9-6-10-29-20)12-16(18(23)22-25)11-15-7-4-3-5-8-15/h3-5,7-8,16-17,20,25H,2,6,9-14H2,1H3,(H,21,24)(H,22,23)/t16-,17-/m0/s1. The molecule has 1 saturated heterocycles. The molecule has 0 aliphatic carbocycles. The first-order chi connectivity index (χ1) is 14.1. The Balaban J connectivity index is 2.02. The van der Waals surface area contributed by atoms with E-state index in [4.69, 9.17) is 9.47 Å². The van der Waals surface area contributed by atoms with Crippen LogP contribution in [-0.2, 0) is 25.5 Å². The van der Waals surface area contributed by atoms with Crippen molar-refractivity contribution in [2.75, 3.05) is 31.5 Å². The summed E-state index contributed by atoms with van der Waals surface area (Å²) in [6.07, 6.45) is 1.91. The van der Waals surface area contributed by atoms with Crippen LogP contribution in [0, 0.1) is 5.92 Å². The molecule has 1 heterocycles. The second-order valence-electron chi connectivity index (χ2n) is 6.71. The molecule has 0 aromatic heterocycles. The van der Waals surface area contributed by atoms with Crippen LogP contribution in [-0.4, -0.2) is 59.2 Å². The highest BCUT2D eigenvalue weighted by atomic mass is 32.2. The molecule has 1 aliphatic heterocycles. The Kier molecular flexibility index (Phi) is 11.5. The summed E-state index contributed by atoms with van der Waals surface area (Å²) in [5.41, 5.74) is 2.74. The minimum atomic E-state index is -0.505. The summed E-state index contributed by atoms with van der Waals surface area (Å²) in [6, 6.07) is 9.24. The number of benzene rings is 1. The smallest absolute Gasteiger partial charge is 0.246 e. The van der Waals surface area contributed by atoms with Crippen LogP contribution in [0.1, 0.15) is 25.3 Å². The lowest BCUT2D eigenvalue weighted by Crippen LogP contribution is -2.45. The zero-order valence-corrected chi connectivity index (χ0v) is 18.3.